The summed E-state index contributed by atoms with van der Waals surface area (Å²) in [7, 11) is -3.32. The number of alkyl halides is 3. The van der Waals surface area contributed by atoms with Crippen molar-refractivity contribution in [1.82, 2.24) is 30.4 Å². The minimum absolute atomic E-state index is 0.0547. The van der Waals surface area contributed by atoms with Crippen LogP contribution in [-0.4, -0.2) is 66.0 Å². The fourth-order valence-corrected chi connectivity index (χ4v) is 4.53. The zero-order chi connectivity index (χ0) is 33.7. The van der Waals surface area contributed by atoms with Crippen molar-refractivity contribution < 1.29 is 45.5 Å². The third-order valence-corrected chi connectivity index (χ3v) is 7.01. The van der Waals surface area contributed by atoms with Gasteiger partial charge in [-0.05, 0) is 58.0 Å². The largest absolute Gasteiger partial charge is 0.756 e. The summed E-state index contributed by atoms with van der Waals surface area (Å²) >= 11 is 0. The number of sulfonamides is 1. The maximum absolute atomic E-state index is 13.5. The van der Waals surface area contributed by atoms with Crippen molar-refractivity contribution in [2.75, 3.05) is 13.6 Å². The zero-order valence-electron chi connectivity index (χ0n) is 25.1. The quantitative estimate of drug-likeness (QED) is 0.173. The molecular formula is C27H32F3N6O8S-. The molecule has 0 bridgehead atoms. The van der Waals surface area contributed by atoms with Gasteiger partial charge >= 0.3 is 12.3 Å². The molecule has 2 N–H and O–H groups in total. The van der Waals surface area contributed by atoms with Crippen LogP contribution in [0.4, 0.5) is 18.0 Å². The fraction of sp³-hybridized carbons (Fsp3) is 0.370. The van der Waals surface area contributed by atoms with Crippen molar-refractivity contribution in [3.05, 3.63) is 71.1 Å². The first-order valence-corrected chi connectivity index (χ1v) is 14.6. The second kappa shape index (κ2) is 13.9. The Bertz CT molecular complexity index is 1590. The number of ether oxygens (including phenoxy) is 2. The maximum atomic E-state index is 13.5. The third-order valence-electron chi connectivity index (χ3n) is 5.62. The number of aryl methyl sites for hydroxylation is 1. The van der Waals surface area contributed by atoms with Crippen molar-refractivity contribution in [3.8, 4) is 16.9 Å². The lowest BCUT2D eigenvalue weighted by molar-refractivity contribution is -0.229. The van der Waals surface area contributed by atoms with Gasteiger partial charge < -0.3 is 14.7 Å². The van der Waals surface area contributed by atoms with Gasteiger partial charge in [-0.15, -0.1) is 5.59 Å². The SMILES string of the molecule is Cc1ccc(-c2cc(C(F)(F)F)nn2-c2ccc(S(=O)(=O)NC(=O)CN(C)N([O-])NOC(C)OC(=O)OC(C)(C)C)cc2)cc1. The van der Waals surface area contributed by atoms with Gasteiger partial charge in [-0.2, -0.15) is 18.3 Å². The summed E-state index contributed by atoms with van der Waals surface area (Å²) in [5.74, 6) is -1.11. The second-order valence-electron chi connectivity index (χ2n) is 10.7. The first-order chi connectivity index (χ1) is 20.7. The number of likely N-dealkylation sites (N-methyl/N-ethyl adjacent to an activating group) is 1. The average Bonchev–Trinajstić information content (AvgIpc) is 3.37. The Hall–Kier alpha value is -4.07. The molecule has 3 aromatic rings. The van der Waals surface area contributed by atoms with Gasteiger partial charge in [0, 0.05) is 19.5 Å². The molecule has 1 heterocycles. The Kier molecular flexibility index (Phi) is 11.0. The standard InChI is InChI=1S/C27H32F3N6O8S/c1-17-7-9-19(10-8-17)22-15-23(27(28,29)30)31-35(22)20-11-13-21(14-12-20)45(40,41)32-24(37)16-34(6)36(39)33-44-18(2)42-25(38)43-26(3,4)5/h7-15,18,33H,16H2,1-6H3,(H,32,37)/q-1. The molecule has 1 unspecified atom stereocenters. The van der Waals surface area contributed by atoms with Gasteiger partial charge in [-0.3, -0.25) is 4.79 Å². The molecule has 18 heteroatoms. The van der Waals surface area contributed by atoms with Crippen LogP contribution in [0.5, 0.6) is 0 Å². The number of benzene rings is 2. The zero-order valence-corrected chi connectivity index (χ0v) is 25.9. The van der Waals surface area contributed by atoms with E-state index in [-0.39, 0.29) is 21.6 Å². The molecule has 45 heavy (non-hydrogen) atoms. The lowest BCUT2D eigenvalue weighted by atomic mass is 10.1. The highest BCUT2D eigenvalue weighted by Gasteiger charge is 2.35. The van der Waals surface area contributed by atoms with Crippen molar-refractivity contribution >= 4 is 22.1 Å². The van der Waals surface area contributed by atoms with E-state index in [1.807, 2.05) is 12.5 Å². The summed E-state index contributed by atoms with van der Waals surface area (Å²) in [4.78, 5) is 28.5. The molecule has 0 spiro atoms. The highest BCUT2D eigenvalue weighted by atomic mass is 32.2. The molecule has 14 nitrogen and oxygen atoms in total. The molecule has 2 aromatic carbocycles. The van der Waals surface area contributed by atoms with Crippen LogP contribution in [0.1, 0.15) is 39.0 Å². The van der Waals surface area contributed by atoms with Crippen LogP contribution in [0.15, 0.2) is 59.5 Å². The van der Waals surface area contributed by atoms with Gasteiger partial charge in [0.2, 0.25) is 12.2 Å². The predicted octanol–water partition coefficient (Wildman–Crippen LogP) is 4.05. The Morgan fingerprint density at radius 2 is 1.67 bits per heavy atom. The molecule has 246 valence electrons. The summed E-state index contributed by atoms with van der Waals surface area (Å²) in [6.07, 6.45) is -7.06. The number of nitrogens with zero attached hydrogens (tertiary/aromatic N) is 4. The van der Waals surface area contributed by atoms with Crippen LogP contribution < -0.4 is 10.3 Å². The van der Waals surface area contributed by atoms with E-state index in [2.05, 4.69) is 5.10 Å². The molecule has 1 amide bonds. The topological polar surface area (TPSA) is 167 Å². The Morgan fingerprint density at radius 3 is 2.22 bits per heavy atom. The van der Waals surface area contributed by atoms with Crippen molar-refractivity contribution in [1.29, 1.82) is 0 Å². The molecule has 0 saturated heterocycles. The first-order valence-electron chi connectivity index (χ1n) is 13.1. The second-order valence-corrected chi connectivity index (χ2v) is 12.3. The smallest absolute Gasteiger partial charge is 0.511 e. The number of hydrogen-bond acceptors (Lipinski definition) is 12. The van der Waals surface area contributed by atoms with Gasteiger partial charge in [-0.25, -0.2) is 37.7 Å². The summed E-state index contributed by atoms with van der Waals surface area (Å²) < 4.78 is 78.6. The number of hydrazine groups is 2. The molecule has 0 saturated carbocycles. The van der Waals surface area contributed by atoms with Gasteiger partial charge in [0.15, 0.2) is 5.69 Å². The van der Waals surface area contributed by atoms with Crippen LogP contribution >= 0.6 is 0 Å². The number of nitrogens with one attached hydrogen (secondary N) is 2. The highest BCUT2D eigenvalue weighted by molar-refractivity contribution is 7.90. The van der Waals surface area contributed by atoms with Gasteiger partial charge in [0.1, 0.15) is 5.60 Å². The lowest BCUT2D eigenvalue weighted by Crippen LogP contribution is -2.50. The maximum Gasteiger partial charge on any atom is 0.511 e. The van der Waals surface area contributed by atoms with Crippen LogP contribution in [0, 0.1) is 12.1 Å². The molecule has 0 aliphatic carbocycles. The normalized spacial score (nSPS) is 13.2. The molecule has 1 aromatic heterocycles. The van der Waals surface area contributed by atoms with Crippen LogP contribution in [-0.2, 0) is 35.3 Å². The Balaban J connectivity index is 1.64. The molecule has 0 radical (unpaired) electrons. The van der Waals surface area contributed by atoms with E-state index >= 15 is 0 Å². The molecule has 3 rings (SSSR count). The van der Waals surface area contributed by atoms with Gasteiger partial charge in [-0.1, -0.05) is 29.8 Å². The lowest BCUT2D eigenvalue weighted by Gasteiger charge is -2.36. The van der Waals surface area contributed by atoms with E-state index in [1.165, 1.54) is 19.1 Å². The number of rotatable bonds is 11. The van der Waals surface area contributed by atoms with E-state index in [0.717, 1.165) is 35.5 Å². The van der Waals surface area contributed by atoms with Gasteiger partial charge in [0.05, 0.1) is 22.8 Å². The summed E-state index contributed by atoms with van der Waals surface area (Å²) in [6, 6.07) is 12.3. The van der Waals surface area contributed by atoms with Crippen molar-refractivity contribution in [3.63, 3.8) is 0 Å². The molecule has 0 fully saturated rings. The minimum atomic E-state index is -4.72. The van der Waals surface area contributed by atoms with Crippen LogP contribution in [0.3, 0.4) is 0 Å². The van der Waals surface area contributed by atoms with Crippen LogP contribution in [0.2, 0.25) is 0 Å². The number of halogens is 3. The van der Waals surface area contributed by atoms with Crippen molar-refractivity contribution in [2.24, 2.45) is 0 Å². The van der Waals surface area contributed by atoms with Crippen LogP contribution in [0.25, 0.3) is 16.9 Å². The fourth-order valence-electron chi connectivity index (χ4n) is 3.55. The van der Waals surface area contributed by atoms with E-state index in [4.69, 9.17) is 14.3 Å². The van der Waals surface area contributed by atoms with Gasteiger partial charge in [0.25, 0.3) is 10.0 Å². The number of aromatic nitrogens is 2. The summed E-state index contributed by atoms with van der Waals surface area (Å²) in [6.45, 7) is 7.20. The average molecular weight is 658 g/mol. The number of carbonyl (C=O) groups is 2. The highest BCUT2D eigenvalue weighted by Crippen LogP contribution is 2.33. The van der Waals surface area contributed by atoms with E-state index < -0.39 is 52.4 Å². The molecule has 0 aliphatic heterocycles. The van der Waals surface area contributed by atoms with E-state index in [1.54, 1.807) is 49.8 Å². The Labute approximate surface area is 257 Å². The van der Waals surface area contributed by atoms with Crippen molar-refractivity contribution in [2.45, 2.75) is 57.6 Å². The van der Waals surface area contributed by atoms with E-state index in [0.29, 0.717) is 10.6 Å². The monoisotopic (exact) mass is 657 g/mol. The molecular weight excluding hydrogens is 625 g/mol. The number of hydrogen-bond donors (Lipinski definition) is 2. The Morgan fingerprint density at radius 1 is 1.07 bits per heavy atom. The molecule has 1 atom stereocenters. The minimum Gasteiger partial charge on any atom is -0.756 e. The third kappa shape index (κ3) is 10.2. The predicted molar refractivity (Wildman–Crippen MR) is 153 cm³/mol. The summed E-state index contributed by atoms with van der Waals surface area (Å²) in [5.41, 5.74) is 1.51. The molecule has 0 aliphatic rings. The first kappa shape index (κ1) is 35.4. The van der Waals surface area contributed by atoms with E-state index in [9.17, 15) is 36.4 Å². The number of amides is 1. The number of carbonyl (C=O) groups excluding carboxylic acids is 2. The summed E-state index contributed by atoms with van der Waals surface area (Å²) in [5, 5.41) is 16.5.